The molecule has 0 aliphatic heterocycles. The fourth-order valence-corrected chi connectivity index (χ4v) is 3.13. The Labute approximate surface area is 100 Å². The van der Waals surface area contributed by atoms with Gasteiger partial charge in [-0.1, -0.05) is 12.8 Å². The van der Waals surface area contributed by atoms with E-state index in [1.54, 1.807) is 6.07 Å². The number of hydrogen-bond donors (Lipinski definition) is 1. The van der Waals surface area contributed by atoms with E-state index in [0.717, 1.165) is 5.82 Å². The van der Waals surface area contributed by atoms with Crippen molar-refractivity contribution in [3.63, 3.8) is 0 Å². The Morgan fingerprint density at radius 3 is 2.88 bits per heavy atom. The minimum absolute atomic E-state index is 0.282. The Bertz CT molecular complexity index is 328. The number of pyridine rings is 1. The van der Waals surface area contributed by atoms with E-state index in [9.17, 15) is 4.39 Å². The first-order chi connectivity index (χ1) is 7.79. The standard InChI is InChI=1S/C12H17FN2S/c1-16-11-5-3-2-4-10(11)15-12-7-6-9(13)8-14-12/h6-8,10-11H,2-5H2,1H3,(H,14,15). The molecular formula is C12H17FN2S. The lowest BCUT2D eigenvalue weighted by Gasteiger charge is -2.31. The summed E-state index contributed by atoms with van der Waals surface area (Å²) in [6.07, 6.45) is 8.46. The Kier molecular flexibility index (Phi) is 4.04. The molecule has 1 aliphatic carbocycles. The fourth-order valence-electron chi connectivity index (χ4n) is 2.20. The molecule has 1 heterocycles. The molecular weight excluding hydrogens is 223 g/mol. The van der Waals surface area contributed by atoms with Crippen LogP contribution in [0, 0.1) is 5.82 Å². The summed E-state index contributed by atoms with van der Waals surface area (Å²) < 4.78 is 12.7. The number of halogens is 1. The molecule has 2 nitrogen and oxygen atoms in total. The van der Waals surface area contributed by atoms with Crippen LogP contribution in [0.25, 0.3) is 0 Å². The highest BCUT2D eigenvalue weighted by Crippen LogP contribution is 2.29. The van der Waals surface area contributed by atoms with E-state index in [4.69, 9.17) is 0 Å². The first kappa shape index (κ1) is 11.7. The average molecular weight is 240 g/mol. The lowest BCUT2D eigenvalue weighted by atomic mass is 9.95. The predicted octanol–water partition coefficient (Wildman–Crippen LogP) is 3.31. The summed E-state index contributed by atoms with van der Waals surface area (Å²) in [6, 6.07) is 3.63. The normalized spacial score (nSPS) is 25.4. The van der Waals surface area contributed by atoms with Crippen LogP contribution in [-0.4, -0.2) is 22.5 Å². The molecule has 1 aromatic rings. The van der Waals surface area contributed by atoms with Gasteiger partial charge in [-0.3, -0.25) is 0 Å². The molecule has 0 bridgehead atoms. The highest BCUT2D eigenvalue weighted by Gasteiger charge is 2.24. The van der Waals surface area contributed by atoms with Crippen LogP contribution < -0.4 is 5.32 Å². The van der Waals surface area contributed by atoms with Crippen LogP contribution in [-0.2, 0) is 0 Å². The van der Waals surface area contributed by atoms with Gasteiger partial charge in [-0.25, -0.2) is 9.37 Å². The van der Waals surface area contributed by atoms with Crippen LogP contribution in [0.15, 0.2) is 18.3 Å². The van der Waals surface area contributed by atoms with Gasteiger partial charge in [0.25, 0.3) is 0 Å². The molecule has 1 fully saturated rings. The maximum absolute atomic E-state index is 12.7. The van der Waals surface area contributed by atoms with Crippen molar-refractivity contribution < 1.29 is 4.39 Å². The molecule has 0 spiro atoms. The van der Waals surface area contributed by atoms with Gasteiger partial charge in [0, 0.05) is 11.3 Å². The van der Waals surface area contributed by atoms with Gasteiger partial charge in [0.15, 0.2) is 0 Å². The summed E-state index contributed by atoms with van der Waals surface area (Å²) in [4.78, 5) is 4.05. The third kappa shape index (κ3) is 2.88. The first-order valence-electron chi connectivity index (χ1n) is 5.70. The van der Waals surface area contributed by atoms with Crippen molar-refractivity contribution >= 4 is 17.6 Å². The summed E-state index contributed by atoms with van der Waals surface area (Å²) in [5.41, 5.74) is 0. The smallest absolute Gasteiger partial charge is 0.141 e. The molecule has 2 rings (SSSR count). The lowest BCUT2D eigenvalue weighted by Crippen LogP contribution is -2.34. The van der Waals surface area contributed by atoms with Gasteiger partial charge in [0.2, 0.25) is 0 Å². The number of nitrogens with one attached hydrogen (secondary N) is 1. The molecule has 1 aromatic heterocycles. The summed E-state index contributed by atoms with van der Waals surface area (Å²) >= 11 is 1.91. The third-order valence-electron chi connectivity index (χ3n) is 3.07. The van der Waals surface area contributed by atoms with Crippen LogP contribution in [0.4, 0.5) is 10.2 Å². The summed E-state index contributed by atoms with van der Waals surface area (Å²) in [5.74, 6) is 0.503. The zero-order valence-electron chi connectivity index (χ0n) is 9.45. The molecule has 1 aliphatic rings. The number of rotatable bonds is 3. The van der Waals surface area contributed by atoms with Crippen LogP contribution in [0.3, 0.4) is 0 Å². The molecule has 0 amide bonds. The lowest BCUT2D eigenvalue weighted by molar-refractivity contribution is 0.474. The van der Waals surface area contributed by atoms with E-state index in [0.29, 0.717) is 11.3 Å². The largest absolute Gasteiger partial charge is 0.366 e. The zero-order chi connectivity index (χ0) is 11.4. The predicted molar refractivity (Wildman–Crippen MR) is 67.4 cm³/mol. The van der Waals surface area contributed by atoms with E-state index >= 15 is 0 Å². The van der Waals surface area contributed by atoms with Crippen LogP contribution >= 0.6 is 11.8 Å². The maximum Gasteiger partial charge on any atom is 0.141 e. The molecule has 88 valence electrons. The van der Waals surface area contributed by atoms with Gasteiger partial charge in [0.1, 0.15) is 11.6 Å². The highest BCUT2D eigenvalue weighted by atomic mass is 32.2. The summed E-state index contributed by atoms with van der Waals surface area (Å²) in [5, 5.41) is 4.06. The second-order valence-corrected chi connectivity index (χ2v) is 5.25. The Morgan fingerprint density at radius 1 is 1.38 bits per heavy atom. The highest BCUT2D eigenvalue weighted by molar-refractivity contribution is 7.99. The third-order valence-corrected chi connectivity index (χ3v) is 4.24. The Balaban J connectivity index is 1.99. The molecule has 16 heavy (non-hydrogen) atoms. The SMILES string of the molecule is CSC1CCCCC1Nc1ccc(F)cn1. The monoisotopic (exact) mass is 240 g/mol. The van der Waals surface area contributed by atoms with Gasteiger partial charge in [-0.2, -0.15) is 11.8 Å². The maximum atomic E-state index is 12.7. The van der Waals surface area contributed by atoms with Crippen LogP contribution in [0.2, 0.25) is 0 Å². The van der Waals surface area contributed by atoms with Gasteiger partial charge < -0.3 is 5.32 Å². The van der Waals surface area contributed by atoms with Crippen molar-refractivity contribution in [1.82, 2.24) is 4.98 Å². The van der Waals surface area contributed by atoms with Gasteiger partial charge >= 0.3 is 0 Å². The summed E-state index contributed by atoms with van der Waals surface area (Å²) in [7, 11) is 0. The molecule has 2 atom stereocenters. The number of nitrogens with zero attached hydrogens (tertiary/aromatic N) is 1. The summed E-state index contributed by atoms with van der Waals surface area (Å²) in [6.45, 7) is 0. The van der Waals surface area contributed by atoms with Gasteiger partial charge in [0.05, 0.1) is 6.20 Å². The Hall–Kier alpha value is -0.770. The van der Waals surface area contributed by atoms with Crippen LogP contribution in [0.5, 0.6) is 0 Å². The number of aromatic nitrogens is 1. The quantitative estimate of drug-likeness (QED) is 0.877. The second-order valence-electron chi connectivity index (χ2n) is 4.17. The topological polar surface area (TPSA) is 24.9 Å². The van der Waals surface area contributed by atoms with E-state index < -0.39 is 0 Å². The van der Waals surface area contributed by atoms with Crippen LogP contribution in [0.1, 0.15) is 25.7 Å². The van der Waals surface area contributed by atoms with Gasteiger partial charge in [-0.15, -0.1) is 0 Å². The van der Waals surface area contributed by atoms with Crippen molar-refractivity contribution in [2.75, 3.05) is 11.6 Å². The molecule has 1 saturated carbocycles. The minimum atomic E-state index is -0.282. The molecule has 2 unspecified atom stereocenters. The molecule has 1 N–H and O–H groups in total. The Morgan fingerprint density at radius 2 is 2.19 bits per heavy atom. The molecule has 0 radical (unpaired) electrons. The van der Waals surface area contributed by atoms with Crippen molar-refractivity contribution in [2.45, 2.75) is 37.0 Å². The first-order valence-corrected chi connectivity index (χ1v) is 6.99. The number of anilines is 1. The van der Waals surface area contributed by atoms with E-state index in [1.165, 1.54) is 37.9 Å². The van der Waals surface area contributed by atoms with Crippen molar-refractivity contribution in [1.29, 1.82) is 0 Å². The van der Waals surface area contributed by atoms with Crippen molar-refractivity contribution in [2.24, 2.45) is 0 Å². The zero-order valence-corrected chi connectivity index (χ0v) is 10.3. The van der Waals surface area contributed by atoms with Crippen molar-refractivity contribution in [3.05, 3.63) is 24.1 Å². The van der Waals surface area contributed by atoms with Crippen molar-refractivity contribution in [3.8, 4) is 0 Å². The second kappa shape index (κ2) is 5.53. The molecule has 0 aromatic carbocycles. The van der Waals surface area contributed by atoms with E-state index in [2.05, 4.69) is 16.6 Å². The number of thioether (sulfide) groups is 1. The fraction of sp³-hybridized carbons (Fsp3) is 0.583. The minimum Gasteiger partial charge on any atom is -0.366 e. The van der Waals surface area contributed by atoms with E-state index in [-0.39, 0.29) is 5.82 Å². The van der Waals surface area contributed by atoms with E-state index in [1.807, 2.05) is 11.8 Å². The van der Waals surface area contributed by atoms with Gasteiger partial charge in [-0.05, 0) is 31.2 Å². The number of hydrogen-bond acceptors (Lipinski definition) is 3. The molecule has 4 heteroatoms. The average Bonchev–Trinajstić information content (AvgIpc) is 2.33. The molecule has 0 saturated heterocycles.